The van der Waals surface area contributed by atoms with Crippen molar-refractivity contribution in [1.29, 1.82) is 0 Å². The molecule has 132 valence electrons. The van der Waals surface area contributed by atoms with Crippen LogP contribution in [0.3, 0.4) is 0 Å². The highest BCUT2D eigenvalue weighted by Crippen LogP contribution is 2.24. The molecule has 3 heterocycles. The number of aromatic nitrogens is 3. The number of carbonyl (C=O) groups excluding carboxylic acids is 1. The van der Waals surface area contributed by atoms with E-state index in [1.165, 1.54) is 12.1 Å². The molecule has 1 aromatic heterocycles. The Morgan fingerprint density at radius 3 is 2.88 bits per heavy atom. The summed E-state index contributed by atoms with van der Waals surface area (Å²) in [6.07, 6.45) is 3.60. The van der Waals surface area contributed by atoms with Crippen molar-refractivity contribution in [2.75, 3.05) is 19.6 Å². The minimum absolute atomic E-state index is 0.00570. The Morgan fingerprint density at radius 2 is 2.08 bits per heavy atom. The first-order valence-electron chi connectivity index (χ1n) is 8.78. The van der Waals surface area contributed by atoms with E-state index in [1.54, 1.807) is 12.1 Å². The van der Waals surface area contributed by atoms with Gasteiger partial charge in [0.2, 0.25) is 5.91 Å². The molecular formula is C18H22FN5O. The molecule has 0 aliphatic carbocycles. The lowest BCUT2D eigenvalue weighted by atomic mass is 10.1. The van der Waals surface area contributed by atoms with Crippen LogP contribution in [0.15, 0.2) is 30.5 Å². The molecule has 2 fully saturated rings. The number of rotatable bonds is 4. The van der Waals surface area contributed by atoms with Crippen LogP contribution in [0.5, 0.6) is 0 Å². The fraction of sp³-hybridized carbons (Fsp3) is 0.500. The normalized spacial score (nSPS) is 22.2. The molecule has 7 heteroatoms. The number of piperazine rings is 1. The molecule has 0 N–H and O–H groups in total. The summed E-state index contributed by atoms with van der Waals surface area (Å²) in [5.74, 6) is 0.0588. The SMILES string of the molecule is CC(c1ccc(F)cc1)n1cc(CN2CCN3C(=O)CCC3C2)nn1. The molecule has 0 radical (unpaired) electrons. The van der Waals surface area contributed by atoms with Gasteiger partial charge in [0.05, 0.1) is 17.9 Å². The fourth-order valence-corrected chi connectivity index (χ4v) is 3.77. The number of fused-ring (bicyclic) bond motifs is 1. The molecule has 0 bridgehead atoms. The van der Waals surface area contributed by atoms with E-state index in [0.29, 0.717) is 18.4 Å². The number of hydrogen-bond donors (Lipinski definition) is 0. The molecule has 2 aliphatic rings. The van der Waals surface area contributed by atoms with Crippen LogP contribution in [0, 0.1) is 5.82 Å². The minimum atomic E-state index is -0.236. The molecule has 2 saturated heterocycles. The first kappa shape index (κ1) is 16.2. The van der Waals surface area contributed by atoms with Crippen LogP contribution < -0.4 is 0 Å². The number of benzene rings is 1. The molecule has 2 aliphatic heterocycles. The second-order valence-corrected chi connectivity index (χ2v) is 6.93. The zero-order valence-electron chi connectivity index (χ0n) is 14.3. The lowest BCUT2D eigenvalue weighted by molar-refractivity contribution is -0.130. The Bertz CT molecular complexity index is 759. The lowest BCUT2D eigenvalue weighted by Gasteiger charge is -2.37. The third-order valence-electron chi connectivity index (χ3n) is 5.27. The molecule has 2 atom stereocenters. The van der Waals surface area contributed by atoms with E-state index >= 15 is 0 Å². The highest BCUT2D eigenvalue weighted by atomic mass is 19.1. The third kappa shape index (κ3) is 3.28. The molecule has 1 amide bonds. The number of nitrogens with zero attached hydrogens (tertiary/aromatic N) is 5. The van der Waals surface area contributed by atoms with E-state index in [4.69, 9.17) is 0 Å². The molecule has 4 rings (SSSR count). The predicted octanol–water partition coefficient (Wildman–Crippen LogP) is 1.83. The molecule has 0 spiro atoms. The van der Waals surface area contributed by atoms with Crippen LogP contribution in [0.25, 0.3) is 0 Å². The Hall–Kier alpha value is -2.28. The number of hydrogen-bond acceptors (Lipinski definition) is 4. The van der Waals surface area contributed by atoms with Gasteiger partial charge in [-0.2, -0.15) is 0 Å². The van der Waals surface area contributed by atoms with Crippen molar-refractivity contribution in [3.8, 4) is 0 Å². The second-order valence-electron chi connectivity index (χ2n) is 6.93. The van der Waals surface area contributed by atoms with Crippen LogP contribution in [-0.4, -0.2) is 56.4 Å². The number of amides is 1. The van der Waals surface area contributed by atoms with Crippen LogP contribution >= 0.6 is 0 Å². The Morgan fingerprint density at radius 1 is 1.28 bits per heavy atom. The first-order valence-corrected chi connectivity index (χ1v) is 8.78. The topological polar surface area (TPSA) is 54.3 Å². The molecule has 25 heavy (non-hydrogen) atoms. The Balaban J connectivity index is 1.40. The van der Waals surface area contributed by atoms with Crippen molar-refractivity contribution >= 4 is 5.91 Å². The maximum Gasteiger partial charge on any atom is 0.222 e. The molecular weight excluding hydrogens is 321 g/mol. The highest BCUT2D eigenvalue weighted by Gasteiger charge is 2.35. The molecule has 0 saturated carbocycles. The zero-order chi connectivity index (χ0) is 17.4. The van der Waals surface area contributed by atoms with Gasteiger partial charge in [0.25, 0.3) is 0 Å². The molecule has 2 aromatic rings. The van der Waals surface area contributed by atoms with E-state index in [-0.39, 0.29) is 11.9 Å². The van der Waals surface area contributed by atoms with E-state index in [9.17, 15) is 9.18 Å². The van der Waals surface area contributed by atoms with Gasteiger partial charge in [-0.25, -0.2) is 9.07 Å². The summed E-state index contributed by atoms with van der Waals surface area (Å²) in [4.78, 5) is 16.1. The van der Waals surface area contributed by atoms with E-state index in [1.807, 2.05) is 22.7 Å². The Kier molecular flexibility index (Phi) is 4.25. The minimum Gasteiger partial charge on any atom is -0.337 e. The van der Waals surface area contributed by atoms with Crippen molar-refractivity contribution in [2.24, 2.45) is 0 Å². The van der Waals surface area contributed by atoms with Gasteiger partial charge in [0.15, 0.2) is 0 Å². The van der Waals surface area contributed by atoms with Crippen molar-refractivity contribution in [2.45, 2.75) is 38.4 Å². The summed E-state index contributed by atoms with van der Waals surface area (Å²) in [5.41, 5.74) is 1.92. The zero-order valence-corrected chi connectivity index (χ0v) is 14.3. The van der Waals surface area contributed by atoms with E-state index in [0.717, 1.165) is 43.9 Å². The van der Waals surface area contributed by atoms with Crippen molar-refractivity contribution in [3.63, 3.8) is 0 Å². The maximum atomic E-state index is 13.1. The van der Waals surface area contributed by atoms with Crippen molar-refractivity contribution < 1.29 is 9.18 Å². The van der Waals surface area contributed by atoms with Gasteiger partial charge >= 0.3 is 0 Å². The van der Waals surface area contributed by atoms with Gasteiger partial charge in [0.1, 0.15) is 5.82 Å². The average Bonchev–Trinajstić information content (AvgIpc) is 3.22. The quantitative estimate of drug-likeness (QED) is 0.850. The Labute approximate surface area is 146 Å². The third-order valence-corrected chi connectivity index (χ3v) is 5.27. The van der Waals surface area contributed by atoms with Crippen LogP contribution in [-0.2, 0) is 11.3 Å². The summed E-state index contributed by atoms with van der Waals surface area (Å²) in [6.45, 7) is 5.36. The van der Waals surface area contributed by atoms with E-state index in [2.05, 4.69) is 15.2 Å². The molecule has 6 nitrogen and oxygen atoms in total. The van der Waals surface area contributed by atoms with Crippen LogP contribution in [0.4, 0.5) is 4.39 Å². The van der Waals surface area contributed by atoms with Crippen LogP contribution in [0.1, 0.15) is 37.1 Å². The van der Waals surface area contributed by atoms with Crippen LogP contribution in [0.2, 0.25) is 0 Å². The lowest BCUT2D eigenvalue weighted by Crippen LogP contribution is -2.50. The number of halogens is 1. The summed E-state index contributed by atoms with van der Waals surface area (Å²) in [6, 6.07) is 6.84. The maximum absolute atomic E-state index is 13.1. The smallest absolute Gasteiger partial charge is 0.222 e. The predicted molar refractivity (Wildman–Crippen MR) is 90.2 cm³/mol. The monoisotopic (exact) mass is 343 g/mol. The van der Waals surface area contributed by atoms with E-state index < -0.39 is 0 Å². The van der Waals surface area contributed by atoms with Gasteiger partial charge in [-0.05, 0) is 31.0 Å². The fourth-order valence-electron chi connectivity index (χ4n) is 3.77. The number of carbonyl (C=O) groups is 1. The van der Waals surface area contributed by atoms with Gasteiger partial charge in [-0.1, -0.05) is 17.3 Å². The van der Waals surface area contributed by atoms with Gasteiger partial charge in [-0.15, -0.1) is 5.10 Å². The summed E-state index contributed by atoms with van der Waals surface area (Å²) < 4.78 is 14.9. The average molecular weight is 343 g/mol. The highest BCUT2D eigenvalue weighted by molar-refractivity contribution is 5.78. The largest absolute Gasteiger partial charge is 0.337 e. The summed E-state index contributed by atoms with van der Waals surface area (Å²) in [5, 5.41) is 8.53. The molecule has 1 aromatic carbocycles. The second kappa shape index (κ2) is 6.55. The standard InChI is InChI=1S/C18H22FN5O/c1-13(14-2-4-15(19)5-3-14)24-11-16(20-21-24)10-22-8-9-23-17(12-22)6-7-18(23)25/h2-5,11,13,17H,6-10,12H2,1H3. The molecule has 2 unspecified atom stereocenters. The van der Waals surface area contributed by atoms with Gasteiger partial charge in [0, 0.05) is 38.6 Å². The summed E-state index contributed by atoms with van der Waals surface area (Å²) in [7, 11) is 0. The summed E-state index contributed by atoms with van der Waals surface area (Å²) >= 11 is 0. The van der Waals surface area contributed by atoms with Gasteiger partial charge in [-0.3, -0.25) is 9.69 Å². The van der Waals surface area contributed by atoms with Crippen molar-refractivity contribution in [3.05, 3.63) is 47.5 Å². The van der Waals surface area contributed by atoms with Crippen molar-refractivity contribution in [1.82, 2.24) is 24.8 Å². The van der Waals surface area contributed by atoms with Gasteiger partial charge < -0.3 is 4.90 Å². The first-order chi connectivity index (χ1) is 12.1.